The average molecular weight is 309 g/mol. The van der Waals surface area contributed by atoms with Gasteiger partial charge in [0, 0.05) is 33.0 Å². The van der Waals surface area contributed by atoms with Gasteiger partial charge >= 0.3 is 0 Å². The van der Waals surface area contributed by atoms with Gasteiger partial charge in [-0.25, -0.2) is 12.4 Å². The maximum Gasteiger partial charge on any atom is 0.267 e. The van der Waals surface area contributed by atoms with E-state index < -0.39 is 10.0 Å². The second-order valence-corrected chi connectivity index (χ2v) is 6.62. The molecule has 6 heteroatoms. The van der Waals surface area contributed by atoms with Gasteiger partial charge in [0.2, 0.25) is 0 Å². The van der Waals surface area contributed by atoms with Gasteiger partial charge in [-0.3, -0.25) is 0 Å². The van der Waals surface area contributed by atoms with Crippen LogP contribution in [0.1, 0.15) is 11.1 Å². The monoisotopic (exact) mass is 309 g/mol. The molecule has 0 aliphatic heterocycles. The highest BCUT2D eigenvalue weighted by Gasteiger charge is 2.17. The second kappa shape index (κ2) is 6.43. The topological polar surface area (TPSA) is 57.5 Å². The van der Waals surface area contributed by atoms with Crippen LogP contribution in [0.4, 0.5) is 0 Å². The Hall–Kier alpha value is -1.63. The van der Waals surface area contributed by atoms with Crippen LogP contribution in [0.3, 0.4) is 0 Å². The van der Waals surface area contributed by atoms with Crippen LogP contribution in [0.2, 0.25) is 0 Å². The van der Waals surface area contributed by atoms with Gasteiger partial charge in [0.05, 0.1) is 4.90 Å². The Balaban J connectivity index is 2.25. The van der Waals surface area contributed by atoms with Crippen LogP contribution < -0.4 is 0 Å². The molecular weight excluding hydrogens is 290 g/mol. The zero-order valence-corrected chi connectivity index (χ0v) is 13.1. The Morgan fingerprint density at radius 2 is 1.71 bits per heavy atom. The smallest absolute Gasteiger partial charge is 0.267 e. The SMILES string of the molecule is COC(Cc1ccn(S(=O)(=O)c2ccc(C)cc2)c1)OC. The van der Waals surface area contributed by atoms with Crippen molar-refractivity contribution < 1.29 is 17.9 Å². The van der Waals surface area contributed by atoms with E-state index in [4.69, 9.17) is 9.47 Å². The summed E-state index contributed by atoms with van der Waals surface area (Å²) in [5, 5.41) is 0. The number of methoxy groups -OCH3 is 2. The average Bonchev–Trinajstić information content (AvgIpc) is 2.94. The molecule has 1 aromatic carbocycles. The van der Waals surface area contributed by atoms with Gasteiger partial charge < -0.3 is 9.47 Å². The standard InChI is InChI=1S/C15H19NO4S/c1-12-4-6-14(7-5-12)21(17,18)16-9-8-13(11-16)10-15(19-2)20-3/h4-9,11,15H,10H2,1-3H3. The number of hydrogen-bond donors (Lipinski definition) is 0. The van der Waals surface area contributed by atoms with Crippen LogP contribution in [-0.2, 0) is 25.9 Å². The molecule has 0 saturated heterocycles. The molecule has 114 valence electrons. The summed E-state index contributed by atoms with van der Waals surface area (Å²) in [5.74, 6) is 0. The van der Waals surface area contributed by atoms with Crippen LogP contribution >= 0.6 is 0 Å². The molecule has 2 aromatic rings. The number of rotatable bonds is 6. The summed E-state index contributed by atoms with van der Waals surface area (Å²) in [7, 11) is -0.449. The Bertz CT molecular complexity index is 685. The molecular formula is C15H19NO4S. The van der Waals surface area contributed by atoms with Crippen molar-refractivity contribution in [1.82, 2.24) is 3.97 Å². The lowest BCUT2D eigenvalue weighted by Gasteiger charge is -2.11. The molecule has 1 heterocycles. The Labute approximate surface area is 125 Å². The fourth-order valence-electron chi connectivity index (χ4n) is 1.98. The van der Waals surface area contributed by atoms with Crippen molar-refractivity contribution in [3.8, 4) is 0 Å². The summed E-state index contributed by atoms with van der Waals surface area (Å²) in [6.45, 7) is 1.92. The number of aryl methyl sites for hydroxylation is 1. The molecule has 0 unspecified atom stereocenters. The van der Waals surface area contributed by atoms with Crippen LogP contribution in [0.5, 0.6) is 0 Å². The third-order valence-corrected chi connectivity index (χ3v) is 4.90. The first kappa shape index (κ1) is 15.8. The summed E-state index contributed by atoms with van der Waals surface area (Å²) in [6, 6.07) is 8.53. The predicted molar refractivity (Wildman–Crippen MR) is 79.7 cm³/mol. The van der Waals surface area contributed by atoms with Crippen LogP contribution in [0.25, 0.3) is 0 Å². The molecule has 0 atom stereocenters. The Morgan fingerprint density at radius 1 is 1.10 bits per heavy atom. The first-order valence-corrected chi connectivity index (χ1v) is 7.96. The van der Waals surface area contributed by atoms with Crippen LogP contribution in [-0.4, -0.2) is 32.9 Å². The summed E-state index contributed by atoms with van der Waals surface area (Å²) in [5.41, 5.74) is 1.85. The van der Waals surface area contributed by atoms with Crippen molar-refractivity contribution in [3.05, 3.63) is 53.9 Å². The molecule has 1 aromatic heterocycles. The summed E-state index contributed by atoms with van der Waals surface area (Å²) >= 11 is 0. The Morgan fingerprint density at radius 3 is 2.29 bits per heavy atom. The normalized spacial score (nSPS) is 12.0. The zero-order chi connectivity index (χ0) is 15.5. The van der Waals surface area contributed by atoms with Crippen LogP contribution in [0, 0.1) is 6.92 Å². The fourth-order valence-corrected chi connectivity index (χ4v) is 3.19. The van der Waals surface area contributed by atoms with Crippen molar-refractivity contribution in [1.29, 1.82) is 0 Å². The van der Waals surface area contributed by atoms with E-state index in [0.717, 1.165) is 11.1 Å². The van der Waals surface area contributed by atoms with Gasteiger partial charge in [-0.2, -0.15) is 0 Å². The van der Waals surface area contributed by atoms with Crippen molar-refractivity contribution >= 4 is 10.0 Å². The molecule has 0 saturated carbocycles. The molecule has 21 heavy (non-hydrogen) atoms. The van der Waals surface area contributed by atoms with Gasteiger partial charge in [0.15, 0.2) is 6.29 Å². The number of aromatic nitrogens is 1. The molecule has 0 bridgehead atoms. The third kappa shape index (κ3) is 3.53. The molecule has 0 aliphatic carbocycles. The number of ether oxygens (including phenoxy) is 2. The maximum absolute atomic E-state index is 12.5. The van der Waals surface area contributed by atoms with Gasteiger partial charge in [-0.1, -0.05) is 17.7 Å². The highest BCUT2D eigenvalue weighted by molar-refractivity contribution is 7.90. The molecule has 0 fully saturated rings. The largest absolute Gasteiger partial charge is 0.356 e. The van der Waals surface area contributed by atoms with Crippen LogP contribution in [0.15, 0.2) is 47.6 Å². The molecule has 0 spiro atoms. The quantitative estimate of drug-likeness (QED) is 0.768. The van der Waals surface area contributed by atoms with E-state index in [9.17, 15) is 8.42 Å². The van der Waals surface area contributed by atoms with E-state index in [-0.39, 0.29) is 11.2 Å². The van der Waals surface area contributed by atoms with Gasteiger partial charge in [0.25, 0.3) is 10.0 Å². The first-order valence-electron chi connectivity index (χ1n) is 6.52. The van der Waals surface area contributed by atoms with Crippen molar-refractivity contribution in [2.45, 2.75) is 24.5 Å². The molecule has 2 rings (SSSR count). The fraction of sp³-hybridized carbons (Fsp3) is 0.333. The summed E-state index contributed by atoms with van der Waals surface area (Å²) in [4.78, 5) is 0.269. The van der Waals surface area contributed by atoms with Gasteiger partial charge in [0.1, 0.15) is 0 Å². The van der Waals surface area contributed by atoms with E-state index in [2.05, 4.69) is 0 Å². The highest BCUT2D eigenvalue weighted by Crippen LogP contribution is 2.17. The first-order chi connectivity index (χ1) is 9.97. The van der Waals surface area contributed by atoms with E-state index in [1.807, 2.05) is 6.92 Å². The second-order valence-electron chi connectivity index (χ2n) is 4.77. The number of nitrogens with zero attached hydrogens (tertiary/aromatic N) is 1. The minimum absolute atomic E-state index is 0.269. The molecule has 0 radical (unpaired) electrons. The molecule has 0 amide bonds. The van der Waals surface area contributed by atoms with Crippen molar-refractivity contribution in [2.75, 3.05) is 14.2 Å². The predicted octanol–water partition coefficient (Wildman–Crippen LogP) is 2.19. The number of hydrogen-bond acceptors (Lipinski definition) is 4. The Kier molecular flexibility index (Phi) is 4.82. The van der Waals surface area contributed by atoms with E-state index in [1.54, 1.807) is 50.7 Å². The molecule has 5 nitrogen and oxygen atoms in total. The maximum atomic E-state index is 12.5. The van der Waals surface area contributed by atoms with E-state index in [1.165, 1.54) is 10.2 Å². The summed E-state index contributed by atoms with van der Waals surface area (Å²) in [6.07, 6.45) is 3.22. The lowest BCUT2D eigenvalue weighted by molar-refractivity contribution is -0.100. The highest BCUT2D eigenvalue weighted by atomic mass is 32.2. The lowest BCUT2D eigenvalue weighted by atomic mass is 10.2. The lowest BCUT2D eigenvalue weighted by Crippen LogP contribution is -2.16. The number of benzene rings is 1. The minimum Gasteiger partial charge on any atom is -0.356 e. The summed E-state index contributed by atoms with van der Waals surface area (Å²) < 4.78 is 36.4. The van der Waals surface area contributed by atoms with Crippen molar-refractivity contribution in [3.63, 3.8) is 0 Å². The zero-order valence-electron chi connectivity index (χ0n) is 12.3. The third-order valence-electron chi connectivity index (χ3n) is 3.25. The molecule has 0 aliphatic rings. The van der Waals surface area contributed by atoms with E-state index in [0.29, 0.717) is 6.42 Å². The minimum atomic E-state index is -3.55. The molecule has 0 N–H and O–H groups in total. The van der Waals surface area contributed by atoms with Crippen molar-refractivity contribution in [2.24, 2.45) is 0 Å². The van der Waals surface area contributed by atoms with Gasteiger partial charge in [-0.05, 0) is 30.7 Å². The van der Waals surface area contributed by atoms with Gasteiger partial charge in [-0.15, -0.1) is 0 Å². The van der Waals surface area contributed by atoms with E-state index >= 15 is 0 Å².